The maximum atomic E-state index is 6.54. The Balaban J connectivity index is 1.41. The van der Waals surface area contributed by atoms with Gasteiger partial charge in [-0.2, -0.15) is 15.1 Å². The lowest BCUT2D eigenvalue weighted by Gasteiger charge is -2.28. The molecular weight excluding hydrogens is 472 g/mol. The molecule has 0 saturated heterocycles. The number of H-pyrrole nitrogens is 1. The zero-order valence-electron chi connectivity index (χ0n) is 20.5. The molecule has 184 valence electrons. The molecule has 4 aromatic rings. The molecular formula is C28H29ClN6O. The van der Waals surface area contributed by atoms with Crippen LogP contribution in [0, 0.1) is 0 Å². The molecule has 0 bridgehead atoms. The maximum Gasteiger partial charge on any atom is 0.227 e. The van der Waals surface area contributed by atoms with Crippen molar-refractivity contribution in [3.63, 3.8) is 0 Å². The van der Waals surface area contributed by atoms with Crippen LogP contribution in [-0.2, 0) is 13.0 Å². The number of aromatic nitrogens is 4. The highest BCUT2D eigenvalue weighted by Crippen LogP contribution is 2.32. The molecule has 36 heavy (non-hydrogen) atoms. The third-order valence-corrected chi connectivity index (χ3v) is 6.34. The van der Waals surface area contributed by atoms with Gasteiger partial charge in [-0.25, -0.2) is 0 Å². The summed E-state index contributed by atoms with van der Waals surface area (Å²) in [4.78, 5) is 11.9. The highest BCUT2D eigenvalue weighted by Gasteiger charge is 2.25. The van der Waals surface area contributed by atoms with Crippen LogP contribution in [0.25, 0.3) is 11.0 Å². The van der Waals surface area contributed by atoms with E-state index in [0.29, 0.717) is 23.2 Å². The van der Waals surface area contributed by atoms with Gasteiger partial charge in [-0.3, -0.25) is 5.10 Å². The smallest absolute Gasteiger partial charge is 0.227 e. The van der Waals surface area contributed by atoms with Crippen molar-refractivity contribution in [3.05, 3.63) is 94.4 Å². The quantitative estimate of drug-likeness (QED) is 0.210. The Morgan fingerprint density at radius 3 is 2.58 bits per heavy atom. The topological polar surface area (TPSA) is 79.0 Å². The molecule has 0 saturated carbocycles. The Bertz CT molecular complexity index is 1390. The highest BCUT2D eigenvalue weighted by molar-refractivity contribution is 6.29. The van der Waals surface area contributed by atoms with Crippen molar-refractivity contribution in [2.75, 3.05) is 23.3 Å². The monoisotopic (exact) mass is 500 g/mol. The molecule has 0 unspecified atom stereocenters. The number of nitrogens with zero attached hydrogens (tertiary/aromatic N) is 4. The van der Waals surface area contributed by atoms with Gasteiger partial charge < -0.3 is 15.0 Å². The number of nitrogens with one attached hydrogen (secondary N) is 2. The van der Waals surface area contributed by atoms with Crippen molar-refractivity contribution >= 4 is 34.4 Å². The van der Waals surface area contributed by atoms with E-state index in [1.54, 1.807) is 0 Å². The lowest BCUT2D eigenvalue weighted by molar-refractivity contribution is 0.432. The number of hydrogen-bond donors (Lipinski definition) is 2. The number of halogens is 1. The molecule has 0 fully saturated rings. The zero-order chi connectivity index (χ0) is 24.9. The summed E-state index contributed by atoms with van der Waals surface area (Å²) in [5, 5.41) is 12.6. The van der Waals surface area contributed by atoms with Crippen LogP contribution in [0.3, 0.4) is 0 Å². The Labute approximate surface area is 215 Å². The summed E-state index contributed by atoms with van der Waals surface area (Å²) in [7, 11) is 0. The van der Waals surface area contributed by atoms with Crippen molar-refractivity contribution in [3.8, 4) is 5.75 Å². The summed E-state index contributed by atoms with van der Waals surface area (Å²) < 4.78 is 6.19. The summed E-state index contributed by atoms with van der Waals surface area (Å²) in [6, 6.07) is 20.1. The van der Waals surface area contributed by atoms with Gasteiger partial charge in [0.05, 0.1) is 11.1 Å². The van der Waals surface area contributed by atoms with E-state index in [-0.39, 0.29) is 0 Å². The average Bonchev–Trinajstić information content (AvgIpc) is 3.31. The van der Waals surface area contributed by atoms with Crippen LogP contribution in [0.5, 0.6) is 5.75 Å². The molecule has 2 aromatic carbocycles. The molecule has 0 atom stereocenters. The Morgan fingerprint density at radius 2 is 1.86 bits per heavy atom. The van der Waals surface area contributed by atoms with Gasteiger partial charge in [0.1, 0.15) is 17.3 Å². The van der Waals surface area contributed by atoms with Crippen LogP contribution < -0.4 is 15.0 Å². The summed E-state index contributed by atoms with van der Waals surface area (Å²) in [6.07, 6.45) is 3.73. The van der Waals surface area contributed by atoms with E-state index < -0.39 is 0 Å². The number of aromatic amines is 1. The molecule has 3 heterocycles. The predicted octanol–water partition coefficient (Wildman–Crippen LogP) is 6.21. The van der Waals surface area contributed by atoms with Crippen molar-refractivity contribution in [1.82, 2.24) is 20.2 Å². The van der Waals surface area contributed by atoms with Gasteiger partial charge in [-0.05, 0) is 37.1 Å². The molecule has 2 aromatic heterocycles. The number of benzene rings is 2. The van der Waals surface area contributed by atoms with Crippen LogP contribution in [0.2, 0.25) is 0 Å². The van der Waals surface area contributed by atoms with Gasteiger partial charge in [0.25, 0.3) is 0 Å². The van der Waals surface area contributed by atoms with Gasteiger partial charge >= 0.3 is 0 Å². The predicted molar refractivity (Wildman–Crippen MR) is 145 cm³/mol. The molecule has 8 heteroatoms. The highest BCUT2D eigenvalue weighted by atomic mass is 35.5. The minimum Gasteiger partial charge on any atom is -0.457 e. The van der Waals surface area contributed by atoms with Crippen LogP contribution in [0.15, 0.2) is 83.1 Å². The molecule has 7 nitrogen and oxygen atoms in total. The van der Waals surface area contributed by atoms with Crippen molar-refractivity contribution in [2.24, 2.45) is 0 Å². The number of ether oxygens (including phenoxy) is 1. The number of anilines is 2. The maximum absolute atomic E-state index is 6.54. The van der Waals surface area contributed by atoms with E-state index in [4.69, 9.17) is 21.3 Å². The first-order chi connectivity index (χ1) is 17.6. The minimum absolute atomic E-state index is 0.412. The second-order valence-corrected chi connectivity index (χ2v) is 9.25. The Morgan fingerprint density at radius 1 is 1.11 bits per heavy atom. The molecule has 2 N–H and O–H groups in total. The van der Waals surface area contributed by atoms with Crippen LogP contribution in [0.1, 0.15) is 31.5 Å². The first-order valence-electron chi connectivity index (χ1n) is 12.2. The fraction of sp³-hybridized carbons (Fsp3) is 0.250. The SMILES string of the molecule is CC/C=C(Oc1ccccc1)\C(CNc1nc2c3c([nH]nc3n1)CCN2Cc1ccccc1)=C(/C)Cl. The first kappa shape index (κ1) is 23.9. The van der Waals surface area contributed by atoms with Gasteiger partial charge in [-0.1, -0.05) is 67.1 Å². The average molecular weight is 501 g/mol. The molecule has 1 aliphatic rings. The minimum atomic E-state index is 0.412. The Kier molecular flexibility index (Phi) is 7.18. The summed E-state index contributed by atoms with van der Waals surface area (Å²) in [5.74, 6) is 2.87. The van der Waals surface area contributed by atoms with E-state index in [1.165, 1.54) is 5.56 Å². The number of hydrogen-bond acceptors (Lipinski definition) is 6. The zero-order valence-corrected chi connectivity index (χ0v) is 21.2. The van der Waals surface area contributed by atoms with Crippen molar-refractivity contribution in [2.45, 2.75) is 33.2 Å². The lowest BCUT2D eigenvalue weighted by atomic mass is 10.1. The van der Waals surface area contributed by atoms with Gasteiger partial charge in [0.15, 0.2) is 5.65 Å². The van der Waals surface area contributed by atoms with Gasteiger partial charge in [0.2, 0.25) is 5.95 Å². The molecule has 0 aliphatic carbocycles. The van der Waals surface area contributed by atoms with Crippen LogP contribution >= 0.6 is 11.6 Å². The molecule has 0 spiro atoms. The normalized spacial score (nSPS) is 14.1. The van der Waals surface area contributed by atoms with Gasteiger partial charge in [-0.15, -0.1) is 0 Å². The number of rotatable bonds is 9. The summed E-state index contributed by atoms with van der Waals surface area (Å²) in [6.45, 7) is 5.98. The molecule has 5 rings (SSSR count). The third-order valence-electron chi connectivity index (χ3n) is 6.11. The molecule has 0 amide bonds. The van der Waals surface area contributed by atoms with Gasteiger partial charge in [0, 0.05) is 36.7 Å². The van der Waals surface area contributed by atoms with E-state index in [1.807, 2.05) is 49.4 Å². The third kappa shape index (κ3) is 5.21. The fourth-order valence-electron chi connectivity index (χ4n) is 4.34. The molecule has 1 aliphatic heterocycles. The largest absolute Gasteiger partial charge is 0.457 e. The lowest BCUT2D eigenvalue weighted by Crippen LogP contribution is -2.30. The fourth-order valence-corrected chi connectivity index (χ4v) is 4.50. The second-order valence-electron chi connectivity index (χ2n) is 8.69. The van der Waals surface area contributed by atoms with Crippen molar-refractivity contribution < 1.29 is 4.74 Å². The molecule has 0 radical (unpaired) electrons. The van der Waals surface area contributed by atoms with Crippen LogP contribution in [0.4, 0.5) is 11.8 Å². The summed E-state index contributed by atoms with van der Waals surface area (Å²) in [5.41, 5.74) is 3.83. The van der Waals surface area contributed by atoms with Crippen LogP contribution in [-0.4, -0.2) is 33.3 Å². The second kappa shape index (κ2) is 10.8. The first-order valence-corrected chi connectivity index (χ1v) is 12.6. The number of para-hydroxylation sites is 1. The van der Waals surface area contributed by atoms with E-state index >= 15 is 0 Å². The standard InChI is InChI=1S/C28H29ClN6O/c1-3-10-24(36-21-13-8-5-9-14-21)22(19(2)29)17-30-28-31-26-25-23(33-34-26)15-16-35(27(25)32-28)18-20-11-6-4-7-12-20/h4-14H,3,15-18H2,1-2H3,(H2,30,31,32,33,34)/b22-19+,24-10+. The van der Waals surface area contributed by atoms with E-state index in [9.17, 15) is 0 Å². The van der Waals surface area contributed by atoms with Crippen molar-refractivity contribution in [1.29, 1.82) is 0 Å². The number of allylic oxidation sites excluding steroid dienone is 2. The van der Waals surface area contributed by atoms with E-state index in [0.717, 1.165) is 59.9 Å². The van der Waals surface area contributed by atoms with E-state index in [2.05, 4.69) is 56.6 Å². The summed E-state index contributed by atoms with van der Waals surface area (Å²) >= 11 is 6.54. The Hall–Kier alpha value is -3.84.